The molecule has 0 aromatic rings. The quantitative estimate of drug-likeness (QED) is 0.491. The van der Waals surface area contributed by atoms with Crippen LogP contribution in [0.3, 0.4) is 0 Å². The minimum atomic E-state index is -0.386. The van der Waals surface area contributed by atoms with E-state index in [1.165, 1.54) is 7.17 Å². The first-order chi connectivity index (χ1) is 5.04. The Morgan fingerprint density at radius 1 is 1.46 bits per heavy atom. The molecule has 0 rings (SSSR count). The number of hydrogen-bond acceptors (Lipinski definition) is 2. The van der Waals surface area contributed by atoms with Gasteiger partial charge in [-0.05, 0) is 20.3 Å². The van der Waals surface area contributed by atoms with Crippen LogP contribution in [-0.4, -0.2) is 27.4 Å². The summed E-state index contributed by atoms with van der Waals surface area (Å²) < 4.78 is 4.83. The van der Waals surface area contributed by atoms with E-state index in [9.17, 15) is 4.79 Å². The highest BCUT2D eigenvalue weighted by Gasteiger charge is 2.26. The molecule has 0 amide bonds. The van der Waals surface area contributed by atoms with Crippen LogP contribution < -0.4 is 0 Å². The van der Waals surface area contributed by atoms with Gasteiger partial charge in [0.15, 0.2) is 0 Å². The molecule has 0 aromatic carbocycles. The van der Waals surface area contributed by atoms with Crippen LogP contribution >= 0.6 is 0 Å². The van der Waals surface area contributed by atoms with Crippen molar-refractivity contribution in [2.45, 2.75) is 42.0 Å². The van der Waals surface area contributed by atoms with Crippen LogP contribution in [0.4, 0.5) is 0 Å². The zero-order valence-electron chi connectivity index (χ0n) is 7.39. The molecule has 0 spiro atoms. The van der Waals surface area contributed by atoms with E-state index in [1.807, 2.05) is 20.8 Å². The molecule has 0 aliphatic carbocycles. The molecule has 0 fully saturated rings. The first-order valence-electron chi connectivity index (χ1n) is 3.75. The lowest BCUT2D eigenvalue weighted by Crippen LogP contribution is -2.27. The van der Waals surface area contributed by atoms with E-state index in [-0.39, 0.29) is 32.7 Å². The number of ether oxygens (including phenoxy) is 1. The van der Waals surface area contributed by atoms with Crippen LogP contribution in [0.25, 0.3) is 0 Å². The van der Waals surface area contributed by atoms with Gasteiger partial charge in [0.2, 0.25) is 0 Å². The highest BCUT2D eigenvalue weighted by atomic mass is 16.5. The summed E-state index contributed by atoms with van der Waals surface area (Å²) in [5.74, 6) is -0.193. The highest BCUT2D eigenvalue weighted by molar-refractivity contribution is 6.89. The Hall–Kier alpha value is -0.400. The third-order valence-corrected chi connectivity index (χ3v) is 1.75. The lowest BCUT2D eigenvalue weighted by Gasteiger charge is -2.19. The smallest absolute Gasteiger partial charge is 0.310 e. The van der Waals surface area contributed by atoms with Gasteiger partial charge in [-0.3, -0.25) is 4.79 Å². The molecular formula is C9H21B2O2. The van der Waals surface area contributed by atoms with Crippen molar-refractivity contribution < 1.29 is 9.53 Å². The summed E-state index contributed by atoms with van der Waals surface area (Å²) in [6.07, 6.45) is 0.774. The van der Waals surface area contributed by atoms with Crippen molar-refractivity contribution in [3.05, 3.63) is 0 Å². The van der Waals surface area contributed by atoms with E-state index < -0.39 is 0 Å². The molecular weight excluding hydrogens is 162 g/mol. The summed E-state index contributed by atoms with van der Waals surface area (Å²) in [6.45, 7) is 5.85. The average Bonchev–Trinajstić information content (AvgIpc) is 2.00. The van der Waals surface area contributed by atoms with Gasteiger partial charge in [0.1, 0.15) is 7.17 Å². The summed E-state index contributed by atoms with van der Waals surface area (Å²) in [7, 11) is 6.38. The van der Waals surface area contributed by atoms with Crippen molar-refractivity contribution >= 4 is 20.9 Å². The molecule has 0 aliphatic heterocycles. The lowest BCUT2D eigenvalue weighted by molar-refractivity contribution is -0.151. The molecule has 75 valence electrons. The molecule has 13 heavy (non-hydrogen) atoms. The number of carbonyl (C=O) groups is 1. The van der Waals surface area contributed by atoms with Crippen molar-refractivity contribution in [2.75, 3.05) is 6.51 Å². The molecule has 3 radical (unpaired) electrons. The maximum absolute atomic E-state index is 11.2. The maximum atomic E-state index is 11.2. The second-order valence-corrected chi connectivity index (χ2v) is 3.07. The topological polar surface area (TPSA) is 26.3 Å². The Bertz CT molecular complexity index is 136. The first-order valence-corrected chi connectivity index (χ1v) is 3.75. The van der Waals surface area contributed by atoms with Crippen LogP contribution in [0.15, 0.2) is 0 Å². The van der Waals surface area contributed by atoms with Gasteiger partial charge in [0.25, 0.3) is 0 Å². The molecule has 4 heteroatoms. The minimum absolute atomic E-state index is 0. The Morgan fingerprint density at radius 2 is 1.92 bits per heavy atom. The monoisotopic (exact) mass is 183 g/mol. The van der Waals surface area contributed by atoms with Crippen molar-refractivity contribution in [1.82, 2.24) is 0 Å². The van der Waals surface area contributed by atoms with E-state index in [0.29, 0.717) is 0 Å². The minimum Gasteiger partial charge on any atom is -0.476 e. The predicted molar refractivity (Wildman–Crippen MR) is 60.0 cm³/mol. The fourth-order valence-electron chi connectivity index (χ4n) is 0.464. The summed E-state index contributed by atoms with van der Waals surface area (Å²) in [4.78, 5) is 11.2. The molecule has 0 aromatic heterocycles. The summed E-state index contributed by atoms with van der Waals surface area (Å²) in [5.41, 5.74) is -0.386. The van der Waals surface area contributed by atoms with Gasteiger partial charge in [0.05, 0.1) is 5.41 Å². The van der Waals surface area contributed by atoms with Gasteiger partial charge < -0.3 is 4.74 Å². The first kappa shape index (κ1) is 18.4. The van der Waals surface area contributed by atoms with Crippen LogP contribution in [0.5, 0.6) is 0 Å². The summed E-state index contributed by atoms with van der Waals surface area (Å²) >= 11 is 0. The van der Waals surface area contributed by atoms with E-state index in [4.69, 9.17) is 12.5 Å². The van der Waals surface area contributed by atoms with E-state index in [0.717, 1.165) is 6.42 Å². The molecule has 0 saturated heterocycles. The SMILES string of the molecule is C.C.[B][B]COC(=O)C(C)(C)CC. The largest absolute Gasteiger partial charge is 0.476 e. The zero-order valence-corrected chi connectivity index (χ0v) is 7.39. The standard InChI is InChI=1S/C7H13B2O2.2CH4/c1-4-7(2,3)6(10)11-5-9-8;;/h4-5H2,1-3H3;2*1H4. The third-order valence-electron chi connectivity index (χ3n) is 1.75. The molecule has 0 atom stereocenters. The fraction of sp³-hybridized carbons (Fsp3) is 0.889. The molecule has 0 unspecified atom stereocenters. The van der Waals surface area contributed by atoms with Gasteiger partial charge >= 0.3 is 5.97 Å². The summed E-state index contributed by atoms with van der Waals surface area (Å²) in [6, 6.07) is 0. The molecule has 0 N–H and O–H groups in total. The second kappa shape index (κ2) is 8.21. The van der Waals surface area contributed by atoms with Gasteiger partial charge in [0, 0.05) is 14.2 Å². The van der Waals surface area contributed by atoms with Crippen LogP contribution in [0.2, 0.25) is 0 Å². The third kappa shape index (κ3) is 6.73. The van der Waals surface area contributed by atoms with Crippen LogP contribution in [0, 0.1) is 5.41 Å². The zero-order chi connectivity index (χ0) is 8.91. The molecule has 0 aliphatic rings. The predicted octanol–water partition coefficient (Wildman–Crippen LogP) is 1.98. The molecule has 0 bridgehead atoms. The van der Waals surface area contributed by atoms with Crippen molar-refractivity contribution in [3.63, 3.8) is 0 Å². The van der Waals surface area contributed by atoms with Crippen molar-refractivity contribution in [3.8, 4) is 0 Å². The Labute approximate surface area is 85.1 Å². The number of rotatable bonds is 4. The van der Waals surface area contributed by atoms with E-state index in [2.05, 4.69) is 0 Å². The van der Waals surface area contributed by atoms with Crippen LogP contribution in [-0.2, 0) is 9.53 Å². The lowest BCUT2D eigenvalue weighted by atomic mass is 9.57. The molecule has 2 nitrogen and oxygen atoms in total. The van der Waals surface area contributed by atoms with Gasteiger partial charge in [-0.2, -0.15) is 0 Å². The highest BCUT2D eigenvalue weighted by Crippen LogP contribution is 2.20. The number of esters is 1. The van der Waals surface area contributed by atoms with Crippen molar-refractivity contribution in [2.24, 2.45) is 5.41 Å². The Balaban J connectivity index is -0.000000500. The summed E-state index contributed by atoms with van der Waals surface area (Å²) in [5, 5.41) is 0. The van der Waals surface area contributed by atoms with E-state index >= 15 is 0 Å². The second-order valence-electron chi connectivity index (χ2n) is 3.07. The normalized spacial score (nSPS) is 9.15. The number of hydrogen-bond donors (Lipinski definition) is 0. The Kier molecular flexibility index (Phi) is 11.6. The van der Waals surface area contributed by atoms with Crippen molar-refractivity contribution in [1.29, 1.82) is 0 Å². The van der Waals surface area contributed by atoms with E-state index in [1.54, 1.807) is 0 Å². The van der Waals surface area contributed by atoms with Crippen LogP contribution in [0.1, 0.15) is 42.0 Å². The maximum Gasteiger partial charge on any atom is 0.310 e. The fourth-order valence-corrected chi connectivity index (χ4v) is 0.464. The van der Waals surface area contributed by atoms with Gasteiger partial charge in [-0.1, -0.05) is 21.8 Å². The molecule has 0 heterocycles. The number of carbonyl (C=O) groups excluding carboxylic acids is 1. The Morgan fingerprint density at radius 3 is 2.23 bits per heavy atom. The molecule has 0 saturated carbocycles. The van der Waals surface area contributed by atoms with Gasteiger partial charge in [-0.15, -0.1) is 0 Å². The van der Waals surface area contributed by atoms with Gasteiger partial charge in [-0.25, -0.2) is 0 Å². The average molecular weight is 183 g/mol.